The molecule has 0 spiro atoms. The number of nitrogens with zero attached hydrogens (tertiary/aromatic N) is 2. The van der Waals surface area contributed by atoms with Gasteiger partial charge in [-0.2, -0.15) is 0 Å². The second-order valence-corrected chi connectivity index (χ2v) is 7.44. The molecular weight excluding hydrogens is 262 g/mol. The van der Waals surface area contributed by atoms with Gasteiger partial charge in [-0.05, 0) is 19.5 Å². The van der Waals surface area contributed by atoms with Crippen LogP contribution < -0.4 is 0 Å². The van der Waals surface area contributed by atoms with Crippen molar-refractivity contribution in [3.8, 4) is 0 Å². The third-order valence-electron chi connectivity index (χ3n) is 3.29. The normalized spacial score (nSPS) is 12.3. The van der Waals surface area contributed by atoms with Gasteiger partial charge in [0.2, 0.25) is 0 Å². The quantitative estimate of drug-likeness (QED) is 0.661. The van der Waals surface area contributed by atoms with Gasteiger partial charge in [0.1, 0.15) is 0 Å². The van der Waals surface area contributed by atoms with Gasteiger partial charge in [0, 0.05) is 45.8 Å². The smallest absolute Gasteiger partial charge is 0.377 e. The highest BCUT2D eigenvalue weighted by Crippen LogP contribution is 2.15. The first-order valence-electron chi connectivity index (χ1n) is 6.54. The predicted octanol–water partition coefficient (Wildman–Crippen LogP) is 1.50. The third kappa shape index (κ3) is 5.04. The van der Waals surface area contributed by atoms with E-state index in [1.54, 1.807) is 27.7 Å². The molecule has 19 heavy (non-hydrogen) atoms. The Morgan fingerprint density at radius 2 is 1.95 bits per heavy atom. The van der Waals surface area contributed by atoms with Crippen LogP contribution >= 0.6 is 0 Å². The number of hydrogen-bond donors (Lipinski definition) is 1. The monoisotopic (exact) mass is 287 g/mol. The fraction of sp³-hybridized carbons (Fsp3) is 0.750. The minimum absolute atomic E-state index is 0.829. The zero-order valence-electron chi connectivity index (χ0n) is 12.3. The predicted molar refractivity (Wildman–Crippen MR) is 75.7 cm³/mol. The first-order chi connectivity index (χ1) is 9.19. The Kier molecular flexibility index (Phi) is 7.25. The number of rotatable bonds is 10. The maximum absolute atomic E-state index is 5.42. The Hall–Kier alpha value is -0.733. The maximum atomic E-state index is 5.42. The van der Waals surface area contributed by atoms with Crippen molar-refractivity contribution in [2.75, 3.05) is 34.4 Å². The summed E-state index contributed by atoms with van der Waals surface area (Å²) in [5.74, 6) is 0. The molecule has 6 nitrogen and oxygen atoms in total. The van der Waals surface area contributed by atoms with Crippen LogP contribution in [0.5, 0.6) is 0 Å². The van der Waals surface area contributed by atoms with Crippen LogP contribution in [0, 0.1) is 0 Å². The third-order valence-corrected chi connectivity index (χ3v) is 6.12. The number of aromatic nitrogens is 2. The van der Waals surface area contributed by atoms with Gasteiger partial charge in [0.05, 0.1) is 6.33 Å². The van der Waals surface area contributed by atoms with Gasteiger partial charge in [-0.25, -0.2) is 4.98 Å². The average Bonchev–Trinajstić information content (AvgIpc) is 2.96. The first kappa shape index (κ1) is 16.3. The molecule has 0 radical (unpaired) electrons. The Labute approximate surface area is 116 Å². The fourth-order valence-electron chi connectivity index (χ4n) is 2.04. The van der Waals surface area contributed by atoms with Crippen LogP contribution in [0.4, 0.5) is 0 Å². The van der Waals surface area contributed by atoms with Crippen molar-refractivity contribution < 1.29 is 13.3 Å². The van der Waals surface area contributed by atoms with E-state index < -0.39 is 8.80 Å². The Bertz CT molecular complexity index is 323. The van der Waals surface area contributed by atoms with Crippen molar-refractivity contribution >= 4 is 8.80 Å². The fourth-order valence-corrected chi connectivity index (χ4v) is 3.74. The molecule has 0 aliphatic heterocycles. The summed E-state index contributed by atoms with van der Waals surface area (Å²) >= 11 is 0. The summed E-state index contributed by atoms with van der Waals surface area (Å²) in [6.07, 6.45) is 4.56. The van der Waals surface area contributed by atoms with Crippen LogP contribution in [0.2, 0.25) is 6.04 Å². The number of hydrogen-bond acceptors (Lipinski definition) is 5. The van der Waals surface area contributed by atoms with E-state index in [4.69, 9.17) is 13.3 Å². The highest BCUT2D eigenvalue weighted by Gasteiger charge is 2.36. The summed E-state index contributed by atoms with van der Waals surface area (Å²) in [4.78, 5) is 9.51. The van der Waals surface area contributed by atoms with Gasteiger partial charge in [-0.1, -0.05) is 6.92 Å². The highest BCUT2D eigenvalue weighted by molar-refractivity contribution is 6.60. The zero-order valence-corrected chi connectivity index (χ0v) is 13.3. The Morgan fingerprint density at radius 3 is 2.42 bits per heavy atom. The average molecular weight is 287 g/mol. The second kappa shape index (κ2) is 8.44. The number of H-pyrrole nitrogens is 1. The molecule has 0 aliphatic rings. The topological polar surface area (TPSA) is 59.6 Å². The van der Waals surface area contributed by atoms with Crippen molar-refractivity contribution in [1.82, 2.24) is 14.9 Å². The SMILES string of the molecule is CCN(CCC[Si](OC)(OC)OC)Cc1cnc[nH]1. The lowest BCUT2D eigenvalue weighted by molar-refractivity contribution is 0.121. The summed E-state index contributed by atoms with van der Waals surface area (Å²) in [6, 6.07) is 0.829. The van der Waals surface area contributed by atoms with Crippen molar-refractivity contribution in [1.29, 1.82) is 0 Å². The van der Waals surface area contributed by atoms with Crippen LogP contribution in [0.15, 0.2) is 12.5 Å². The summed E-state index contributed by atoms with van der Waals surface area (Å²) in [7, 11) is 2.54. The standard InChI is InChI=1S/C12H25N3O3Si/c1-5-15(10-12-9-13-11-14-12)7-6-8-19(16-2,17-3)18-4/h9,11H,5-8,10H2,1-4H3,(H,13,14). The molecule has 0 fully saturated rings. The van der Waals surface area contributed by atoms with Gasteiger partial charge in [-0.3, -0.25) is 4.90 Å². The van der Waals surface area contributed by atoms with E-state index in [1.807, 2.05) is 6.20 Å². The van der Waals surface area contributed by atoms with E-state index in [2.05, 4.69) is 21.8 Å². The van der Waals surface area contributed by atoms with E-state index in [0.29, 0.717) is 0 Å². The molecular formula is C12H25N3O3Si. The van der Waals surface area contributed by atoms with Crippen molar-refractivity contribution in [2.45, 2.75) is 25.9 Å². The summed E-state index contributed by atoms with van der Waals surface area (Å²) in [5, 5.41) is 0. The molecule has 1 aromatic rings. The van der Waals surface area contributed by atoms with Crippen LogP contribution in [-0.4, -0.2) is 58.1 Å². The number of aromatic amines is 1. The molecule has 1 heterocycles. The minimum atomic E-state index is -2.42. The molecule has 1 N–H and O–H groups in total. The molecule has 0 bridgehead atoms. The zero-order chi connectivity index (χ0) is 14.1. The van der Waals surface area contributed by atoms with Crippen LogP contribution in [-0.2, 0) is 19.8 Å². The van der Waals surface area contributed by atoms with E-state index >= 15 is 0 Å². The molecule has 0 unspecified atom stereocenters. The van der Waals surface area contributed by atoms with Gasteiger partial charge in [0.25, 0.3) is 0 Å². The van der Waals surface area contributed by atoms with Gasteiger partial charge < -0.3 is 18.3 Å². The van der Waals surface area contributed by atoms with Crippen molar-refractivity contribution in [3.63, 3.8) is 0 Å². The lowest BCUT2D eigenvalue weighted by atomic mass is 10.3. The Morgan fingerprint density at radius 1 is 1.26 bits per heavy atom. The molecule has 7 heteroatoms. The number of nitrogens with one attached hydrogen (secondary N) is 1. The number of imidazole rings is 1. The molecule has 0 aromatic carbocycles. The lowest BCUT2D eigenvalue weighted by Gasteiger charge is -2.26. The molecule has 110 valence electrons. The summed E-state index contributed by atoms with van der Waals surface area (Å²) < 4.78 is 16.3. The lowest BCUT2D eigenvalue weighted by Crippen LogP contribution is -2.43. The second-order valence-electron chi connectivity index (χ2n) is 4.34. The summed E-state index contributed by atoms with van der Waals surface area (Å²) in [5.41, 5.74) is 1.13. The molecule has 0 amide bonds. The van der Waals surface area contributed by atoms with E-state index in [1.165, 1.54) is 0 Å². The molecule has 1 aromatic heterocycles. The molecule has 0 atom stereocenters. The van der Waals surface area contributed by atoms with E-state index in [9.17, 15) is 0 Å². The van der Waals surface area contributed by atoms with Crippen LogP contribution in [0.1, 0.15) is 19.0 Å². The Balaban J connectivity index is 2.37. The van der Waals surface area contributed by atoms with Crippen LogP contribution in [0.3, 0.4) is 0 Å². The molecule has 0 saturated carbocycles. The first-order valence-corrected chi connectivity index (χ1v) is 8.48. The molecule has 0 aliphatic carbocycles. The van der Waals surface area contributed by atoms with Gasteiger partial charge in [-0.15, -0.1) is 0 Å². The van der Waals surface area contributed by atoms with E-state index in [-0.39, 0.29) is 0 Å². The van der Waals surface area contributed by atoms with Crippen molar-refractivity contribution in [3.05, 3.63) is 18.2 Å². The highest BCUT2D eigenvalue weighted by atomic mass is 28.4. The van der Waals surface area contributed by atoms with E-state index in [0.717, 1.165) is 37.8 Å². The van der Waals surface area contributed by atoms with Crippen LogP contribution in [0.25, 0.3) is 0 Å². The van der Waals surface area contributed by atoms with Crippen molar-refractivity contribution in [2.24, 2.45) is 0 Å². The van der Waals surface area contributed by atoms with Gasteiger partial charge in [0.15, 0.2) is 0 Å². The molecule has 1 rings (SSSR count). The molecule has 0 saturated heterocycles. The largest absolute Gasteiger partial charge is 0.500 e. The van der Waals surface area contributed by atoms with Gasteiger partial charge >= 0.3 is 8.80 Å². The minimum Gasteiger partial charge on any atom is -0.377 e. The maximum Gasteiger partial charge on any atom is 0.500 e. The summed E-state index contributed by atoms with van der Waals surface area (Å²) in [6.45, 7) is 5.03.